The number of nitrogens with zero attached hydrogens (tertiary/aromatic N) is 5. The Kier molecular flexibility index (Phi) is 12.6. The number of carbonyl (C=O) groups excluding carboxylic acids is 4. The van der Waals surface area contributed by atoms with Crippen molar-refractivity contribution >= 4 is 63.7 Å². The molecular weight excluding hydrogens is 786 g/mol. The number of ether oxygens (including phenoxy) is 1. The lowest BCUT2D eigenvalue weighted by Crippen LogP contribution is -2.57. The summed E-state index contributed by atoms with van der Waals surface area (Å²) >= 11 is 5.72. The van der Waals surface area contributed by atoms with E-state index in [1.165, 1.54) is 6.07 Å². The fourth-order valence-corrected chi connectivity index (χ4v) is 8.33. The Bertz CT molecular complexity index is 2190. The summed E-state index contributed by atoms with van der Waals surface area (Å²) in [7, 11) is 0. The number of carbonyl (C=O) groups is 4. The van der Waals surface area contributed by atoms with Gasteiger partial charge < -0.3 is 20.3 Å². The van der Waals surface area contributed by atoms with Crippen LogP contribution in [-0.2, 0) is 31.8 Å². The molecular formula is C42H47F3N8O5S. The van der Waals surface area contributed by atoms with Crippen LogP contribution in [0.5, 0.6) is 5.75 Å². The fourth-order valence-electron chi connectivity index (χ4n) is 7.81. The number of piperidine rings is 1. The number of nitrogens with one attached hydrogen (secondary N) is 3. The first-order valence-corrected chi connectivity index (χ1v) is 19.9. The Morgan fingerprint density at radius 2 is 1.80 bits per heavy atom. The second-order valence-electron chi connectivity index (χ2n) is 15.4. The summed E-state index contributed by atoms with van der Waals surface area (Å²) in [5.41, 5.74) is -0.290. The van der Waals surface area contributed by atoms with Crippen molar-refractivity contribution in [2.45, 2.75) is 83.7 Å². The van der Waals surface area contributed by atoms with Crippen LogP contribution in [0.15, 0.2) is 60.7 Å². The predicted molar refractivity (Wildman–Crippen MR) is 221 cm³/mol. The maximum Gasteiger partial charge on any atom is 0.417 e. The molecule has 13 nitrogen and oxygen atoms in total. The number of hydrogen-bond donors (Lipinski definition) is 3. The zero-order valence-electron chi connectivity index (χ0n) is 33.5. The summed E-state index contributed by atoms with van der Waals surface area (Å²) in [4.78, 5) is 57.9. The first-order valence-electron chi connectivity index (χ1n) is 19.5. The lowest BCUT2D eigenvalue weighted by Gasteiger charge is -2.42. The molecule has 0 spiro atoms. The summed E-state index contributed by atoms with van der Waals surface area (Å²) in [6.45, 7) is 12.4. The number of nitriles is 1. The van der Waals surface area contributed by atoms with Gasteiger partial charge in [0.1, 0.15) is 23.9 Å². The van der Waals surface area contributed by atoms with Crippen molar-refractivity contribution in [1.82, 2.24) is 15.1 Å². The highest BCUT2D eigenvalue weighted by molar-refractivity contribution is 7.81. The van der Waals surface area contributed by atoms with Crippen LogP contribution < -0.4 is 30.5 Å². The summed E-state index contributed by atoms with van der Waals surface area (Å²) in [5.74, 6) is -0.646. The zero-order valence-corrected chi connectivity index (χ0v) is 34.3. The molecule has 3 saturated heterocycles. The van der Waals surface area contributed by atoms with Gasteiger partial charge in [-0.2, -0.15) is 18.4 Å². The molecule has 3 heterocycles. The maximum absolute atomic E-state index is 13.8. The second-order valence-corrected chi connectivity index (χ2v) is 15.8. The van der Waals surface area contributed by atoms with Crippen LogP contribution in [-0.4, -0.2) is 95.0 Å². The second kappa shape index (κ2) is 17.3. The molecule has 0 aliphatic carbocycles. The van der Waals surface area contributed by atoms with Gasteiger partial charge in [-0.3, -0.25) is 39.2 Å². The molecule has 4 amide bonds. The van der Waals surface area contributed by atoms with Gasteiger partial charge in [-0.25, -0.2) is 0 Å². The Hall–Kier alpha value is -5.57. The molecule has 3 aromatic carbocycles. The van der Waals surface area contributed by atoms with E-state index in [2.05, 4.69) is 32.7 Å². The van der Waals surface area contributed by atoms with Crippen LogP contribution in [0.1, 0.15) is 64.2 Å². The Morgan fingerprint density at radius 1 is 1.07 bits per heavy atom. The average molecular weight is 833 g/mol. The van der Waals surface area contributed by atoms with Crippen LogP contribution >= 0.6 is 12.2 Å². The fraction of sp³-hybridized carbons (Fsp3) is 0.429. The highest BCUT2D eigenvalue weighted by atomic mass is 32.1. The van der Waals surface area contributed by atoms with E-state index in [1.54, 1.807) is 55.1 Å². The number of amides is 4. The summed E-state index contributed by atoms with van der Waals surface area (Å²) < 4.78 is 47.6. The third-order valence-electron chi connectivity index (χ3n) is 11.1. The SMILES string of the molecule is CCc1cc(N2C(=S)N(c3ccc(C#N)c(C(F)(F)F)c3)C(=O)C2(C)C)ccc1OCCN1CCN([C@@H](C)C(=O)Nc2cccc(NC3CCC(=O)NC3=O)c2)C(C)C1. The molecule has 59 heavy (non-hydrogen) atoms. The highest BCUT2D eigenvalue weighted by Gasteiger charge is 2.51. The molecule has 3 aliphatic heterocycles. The van der Waals surface area contributed by atoms with Crippen molar-refractivity contribution < 1.29 is 37.1 Å². The van der Waals surface area contributed by atoms with Gasteiger partial charge >= 0.3 is 6.18 Å². The molecule has 0 saturated carbocycles. The van der Waals surface area contributed by atoms with Gasteiger partial charge in [-0.05, 0) is 113 Å². The molecule has 17 heteroatoms. The maximum atomic E-state index is 13.8. The molecule has 2 unspecified atom stereocenters. The van der Waals surface area contributed by atoms with Crippen molar-refractivity contribution in [3.63, 3.8) is 0 Å². The number of aryl methyl sites for hydroxylation is 1. The van der Waals surface area contributed by atoms with Gasteiger partial charge in [0, 0.05) is 55.7 Å². The van der Waals surface area contributed by atoms with Gasteiger partial charge in [0.2, 0.25) is 17.7 Å². The van der Waals surface area contributed by atoms with E-state index in [1.807, 2.05) is 26.0 Å². The number of hydrogen-bond acceptors (Lipinski definition) is 10. The molecule has 3 atom stereocenters. The van der Waals surface area contributed by atoms with Crippen LogP contribution in [0, 0.1) is 11.3 Å². The van der Waals surface area contributed by atoms with E-state index in [0.29, 0.717) is 55.3 Å². The first kappa shape index (κ1) is 43.0. The van der Waals surface area contributed by atoms with Gasteiger partial charge in [0.05, 0.1) is 28.9 Å². The number of alkyl halides is 3. The third kappa shape index (κ3) is 9.19. The molecule has 0 radical (unpaired) electrons. The van der Waals surface area contributed by atoms with E-state index in [9.17, 15) is 37.6 Å². The number of thiocarbonyl (C=S) groups is 1. The zero-order chi connectivity index (χ0) is 42.8. The van der Waals surface area contributed by atoms with Crippen molar-refractivity contribution in [1.29, 1.82) is 5.26 Å². The van der Waals surface area contributed by atoms with Crippen LogP contribution in [0.3, 0.4) is 0 Å². The van der Waals surface area contributed by atoms with Gasteiger partial charge in [0.15, 0.2) is 5.11 Å². The van der Waals surface area contributed by atoms with Gasteiger partial charge in [0.25, 0.3) is 5.91 Å². The van der Waals surface area contributed by atoms with Crippen molar-refractivity contribution in [3.8, 4) is 11.8 Å². The van der Waals surface area contributed by atoms with E-state index in [4.69, 9.17) is 17.0 Å². The van der Waals surface area contributed by atoms with E-state index < -0.39 is 40.8 Å². The van der Waals surface area contributed by atoms with Crippen molar-refractivity contribution in [2.24, 2.45) is 0 Å². The monoisotopic (exact) mass is 832 g/mol. The highest BCUT2D eigenvalue weighted by Crippen LogP contribution is 2.40. The molecule has 6 rings (SSSR count). The van der Waals surface area contributed by atoms with Crippen LogP contribution in [0.2, 0.25) is 0 Å². The standard InChI is InChI=1S/C42H47F3N8O5S/c1-6-27-20-32(53-40(59)52(39(57)41(53,4)5)31-11-10-28(23-46)33(22-31)42(43,44)45)12-14-35(27)58-19-18-50-16-17-51(25(2)24-50)26(3)37(55)48-30-9-7-8-29(21-30)47-34-13-15-36(54)49-38(34)56/h7-12,14,20-22,25-26,34,47H,6,13,15-19,24H2,1-5H3,(H,48,55)(H,49,54,56)/t25?,26-,34?/m0/s1. The molecule has 3 aromatic rings. The molecule has 3 fully saturated rings. The Labute approximate surface area is 346 Å². The number of halogens is 3. The lowest BCUT2D eigenvalue weighted by atomic mass is 10.0. The molecule has 3 aliphatic rings. The van der Waals surface area contributed by atoms with E-state index in [-0.39, 0.29) is 41.0 Å². The molecule has 0 aromatic heterocycles. The molecule has 0 bridgehead atoms. The van der Waals surface area contributed by atoms with E-state index >= 15 is 0 Å². The van der Waals surface area contributed by atoms with Gasteiger partial charge in [-0.15, -0.1) is 0 Å². The lowest BCUT2D eigenvalue weighted by molar-refractivity contribution is -0.138. The number of rotatable bonds is 12. The van der Waals surface area contributed by atoms with Crippen molar-refractivity contribution in [2.75, 3.05) is 53.2 Å². The van der Waals surface area contributed by atoms with Crippen LogP contribution in [0.4, 0.5) is 35.9 Å². The average Bonchev–Trinajstić information content (AvgIpc) is 3.37. The smallest absolute Gasteiger partial charge is 0.417 e. The first-order chi connectivity index (χ1) is 27.9. The normalized spacial score (nSPS) is 20.6. The molecule has 312 valence electrons. The summed E-state index contributed by atoms with van der Waals surface area (Å²) in [6, 6.07) is 16.4. The Balaban J connectivity index is 1.03. The van der Waals surface area contributed by atoms with Gasteiger partial charge in [-0.1, -0.05) is 13.0 Å². The largest absolute Gasteiger partial charge is 0.492 e. The number of imide groups is 1. The molecule has 3 N–H and O–H groups in total. The quantitative estimate of drug-likeness (QED) is 0.153. The number of piperazine rings is 1. The topological polar surface area (TPSA) is 150 Å². The van der Waals surface area contributed by atoms with Crippen LogP contribution in [0.25, 0.3) is 0 Å². The summed E-state index contributed by atoms with van der Waals surface area (Å²) in [6.07, 6.45) is -3.54. The number of anilines is 4. The Morgan fingerprint density at radius 3 is 2.47 bits per heavy atom. The minimum atomic E-state index is -4.80. The summed E-state index contributed by atoms with van der Waals surface area (Å²) in [5, 5.41) is 17.7. The van der Waals surface area contributed by atoms with E-state index in [0.717, 1.165) is 35.7 Å². The third-order valence-corrected chi connectivity index (χ3v) is 11.4. The minimum absolute atomic E-state index is 0.0159. The minimum Gasteiger partial charge on any atom is -0.492 e. The predicted octanol–water partition coefficient (Wildman–Crippen LogP) is 5.69. The number of benzene rings is 3. The van der Waals surface area contributed by atoms with Crippen molar-refractivity contribution in [3.05, 3.63) is 77.4 Å².